The number of nitrogens with zero attached hydrogens (tertiary/aromatic N) is 2. The molecular weight excluding hydrogens is 452 g/mol. The number of H-pyrrole nitrogens is 1. The lowest BCUT2D eigenvalue weighted by Crippen LogP contribution is -2.58. The van der Waals surface area contributed by atoms with Gasteiger partial charge in [-0.3, -0.25) is 14.4 Å². The molecule has 1 saturated heterocycles. The number of nitrogens with one attached hydrogen (secondary N) is 4. The molecule has 35 heavy (non-hydrogen) atoms. The van der Waals surface area contributed by atoms with Gasteiger partial charge in [0.25, 0.3) is 0 Å². The smallest absolute Gasteiger partial charge is 0.248 e. The van der Waals surface area contributed by atoms with Crippen molar-refractivity contribution < 1.29 is 24.2 Å². The van der Waals surface area contributed by atoms with Crippen LogP contribution in [0, 0.1) is 0 Å². The number of aliphatic hydroxyl groups is 1. The summed E-state index contributed by atoms with van der Waals surface area (Å²) in [7, 11) is 3.14. The molecule has 0 aromatic carbocycles. The first-order valence-corrected chi connectivity index (χ1v) is 11.6. The standard InChI is InChI=1S/C24H34N6O5/c1-6-19(32)28-18-7-8-26-22-20(18)15(11-27-22)9-16-10-17(31)12-30(16)24(34)21(14(3)35-5)29-23(33)13(2)25-4/h6-8,11,13-14,16-17,21,25,31H,1,9-10,12H2,2-5H3,(H,29,33)(H2,26,27,28,32)/t13-,14+,16+,17-,21-/m0/s1. The number of likely N-dealkylation sites (tertiary alicyclic amines) is 1. The molecule has 3 amide bonds. The van der Waals surface area contributed by atoms with E-state index < -0.39 is 24.3 Å². The number of methoxy groups -OCH3 is 1. The van der Waals surface area contributed by atoms with Crippen molar-refractivity contribution in [2.45, 2.75) is 57.0 Å². The number of carbonyl (C=O) groups excluding carboxylic acids is 3. The molecule has 0 bridgehead atoms. The van der Waals surface area contributed by atoms with Crippen LogP contribution in [0.25, 0.3) is 11.0 Å². The van der Waals surface area contributed by atoms with Crippen LogP contribution in [0.2, 0.25) is 0 Å². The number of amides is 3. The Balaban J connectivity index is 1.88. The summed E-state index contributed by atoms with van der Waals surface area (Å²) in [5.74, 6) is -0.993. The van der Waals surface area contributed by atoms with E-state index in [1.54, 1.807) is 44.3 Å². The van der Waals surface area contributed by atoms with Crippen LogP contribution in [0.15, 0.2) is 31.1 Å². The van der Waals surface area contributed by atoms with Crippen molar-refractivity contribution in [2.24, 2.45) is 0 Å². The summed E-state index contributed by atoms with van der Waals surface area (Å²) in [5.41, 5.74) is 2.01. The Bertz CT molecular complexity index is 1090. The van der Waals surface area contributed by atoms with E-state index in [1.807, 2.05) is 0 Å². The number of β-amino-alcohol motifs (C(OH)–C–C–N with tert-alkyl or cyclic N) is 1. The number of fused-ring (bicyclic) bond motifs is 1. The normalized spacial score (nSPS) is 20.3. The Morgan fingerprint density at radius 3 is 2.80 bits per heavy atom. The second kappa shape index (κ2) is 11.4. The first kappa shape index (κ1) is 26.3. The average Bonchev–Trinajstić information content (AvgIpc) is 3.44. The van der Waals surface area contributed by atoms with Crippen LogP contribution >= 0.6 is 0 Å². The number of hydrogen-bond acceptors (Lipinski definition) is 7. The van der Waals surface area contributed by atoms with Crippen LogP contribution in [0.4, 0.5) is 5.69 Å². The van der Waals surface area contributed by atoms with E-state index in [2.05, 4.69) is 32.5 Å². The number of anilines is 1. The van der Waals surface area contributed by atoms with Gasteiger partial charge < -0.3 is 35.7 Å². The fourth-order valence-electron chi connectivity index (χ4n) is 4.29. The zero-order valence-corrected chi connectivity index (χ0v) is 20.5. The summed E-state index contributed by atoms with van der Waals surface area (Å²) in [6.07, 6.45) is 4.08. The average molecular weight is 487 g/mol. The molecule has 0 saturated carbocycles. The van der Waals surface area contributed by atoms with Gasteiger partial charge in [-0.1, -0.05) is 6.58 Å². The van der Waals surface area contributed by atoms with Crippen molar-refractivity contribution in [3.63, 3.8) is 0 Å². The molecule has 11 heteroatoms. The Hall–Kier alpha value is -3.28. The molecule has 1 aliphatic rings. The van der Waals surface area contributed by atoms with Gasteiger partial charge in [0.15, 0.2) is 0 Å². The second-order valence-electron chi connectivity index (χ2n) is 8.76. The minimum atomic E-state index is -0.914. The van der Waals surface area contributed by atoms with Gasteiger partial charge in [0, 0.05) is 37.5 Å². The molecule has 0 unspecified atom stereocenters. The maximum Gasteiger partial charge on any atom is 0.248 e. The largest absolute Gasteiger partial charge is 0.391 e. The SMILES string of the molecule is C=CC(=O)Nc1ccnc2[nH]cc(C[C@@H]3C[C@H](O)CN3C(=O)[C@@H](NC(=O)[C@H](C)NC)[C@@H](C)OC)c12. The zero-order valence-electron chi connectivity index (χ0n) is 20.5. The number of carbonyl (C=O) groups is 3. The lowest BCUT2D eigenvalue weighted by molar-refractivity contribution is -0.141. The number of aliphatic hydroxyl groups excluding tert-OH is 1. The summed E-state index contributed by atoms with van der Waals surface area (Å²) < 4.78 is 5.39. The quantitative estimate of drug-likeness (QED) is 0.304. The molecule has 0 radical (unpaired) electrons. The van der Waals surface area contributed by atoms with Gasteiger partial charge in [0.05, 0.1) is 23.9 Å². The van der Waals surface area contributed by atoms with E-state index in [1.165, 1.54) is 13.2 Å². The second-order valence-corrected chi connectivity index (χ2v) is 8.76. The number of hydrogen-bond donors (Lipinski definition) is 5. The van der Waals surface area contributed by atoms with Crippen LogP contribution in [-0.2, 0) is 25.5 Å². The summed E-state index contributed by atoms with van der Waals surface area (Å²) in [6, 6.07) is -0.0346. The summed E-state index contributed by atoms with van der Waals surface area (Å²) in [4.78, 5) is 47.1. The fourth-order valence-corrected chi connectivity index (χ4v) is 4.29. The summed E-state index contributed by atoms with van der Waals surface area (Å²) in [6.45, 7) is 7.05. The molecule has 1 fully saturated rings. The number of aromatic nitrogens is 2. The molecule has 2 aromatic heterocycles. The molecule has 5 N–H and O–H groups in total. The molecule has 0 spiro atoms. The van der Waals surface area contributed by atoms with Gasteiger partial charge in [-0.2, -0.15) is 0 Å². The highest BCUT2D eigenvalue weighted by Gasteiger charge is 2.40. The number of pyridine rings is 1. The van der Waals surface area contributed by atoms with Crippen molar-refractivity contribution >= 4 is 34.4 Å². The summed E-state index contributed by atoms with van der Waals surface area (Å²) >= 11 is 0. The Morgan fingerprint density at radius 2 is 2.14 bits per heavy atom. The molecule has 0 aliphatic carbocycles. The third-order valence-corrected chi connectivity index (χ3v) is 6.46. The highest BCUT2D eigenvalue weighted by molar-refractivity contribution is 6.05. The van der Waals surface area contributed by atoms with Crippen molar-refractivity contribution in [1.82, 2.24) is 25.5 Å². The topological polar surface area (TPSA) is 149 Å². The number of aromatic amines is 1. The number of ether oxygens (including phenoxy) is 1. The maximum absolute atomic E-state index is 13.6. The van der Waals surface area contributed by atoms with Crippen LogP contribution < -0.4 is 16.0 Å². The van der Waals surface area contributed by atoms with Crippen molar-refractivity contribution in [3.05, 3.63) is 36.7 Å². The predicted molar refractivity (Wildman–Crippen MR) is 132 cm³/mol. The maximum atomic E-state index is 13.6. The van der Waals surface area contributed by atoms with Crippen molar-refractivity contribution in [3.8, 4) is 0 Å². The van der Waals surface area contributed by atoms with E-state index in [4.69, 9.17) is 4.74 Å². The molecule has 2 aromatic rings. The molecule has 11 nitrogen and oxygen atoms in total. The first-order valence-electron chi connectivity index (χ1n) is 11.6. The molecule has 5 atom stereocenters. The van der Waals surface area contributed by atoms with Gasteiger partial charge in [-0.15, -0.1) is 0 Å². The van der Waals surface area contributed by atoms with Gasteiger partial charge in [-0.05, 0) is 51.4 Å². The van der Waals surface area contributed by atoms with Crippen LogP contribution in [0.1, 0.15) is 25.8 Å². The molecular formula is C24H34N6O5. The van der Waals surface area contributed by atoms with E-state index in [0.717, 1.165) is 10.9 Å². The third kappa shape index (κ3) is 5.87. The van der Waals surface area contributed by atoms with Gasteiger partial charge in [0.2, 0.25) is 17.7 Å². The van der Waals surface area contributed by atoms with Crippen molar-refractivity contribution in [2.75, 3.05) is 26.0 Å². The van der Waals surface area contributed by atoms with Crippen LogP contribution in [0.5, 0.6) is 0 Å². The number of rotatable bonds is 10. The van der Waals surface area contributed by atoms with E-state index in [0.29, 0.717) is 24.2 Å². The monoisotopic (exact) mass is 486 g/mol. The first-order chi connectivity index (χ1) is 16.7. The lowest BCUT2D eigenvalue weighted by atomic mass is 10.0. The van der Waals surface area contributed by atoms with E-state index in [9.17, 15) is 19.5 Å². The Morgan fingerprint density at radius 1 is 1.40 bits per heavy atom. The molecule has 190 valence electrons. The highest BCUT2D eigenvalue weighted by atomic mass is 16.5. The van der Waals surface area contributed by atoms with Crippen molar-refractivity contribution in [1.29, 1.82) is 0 Å². The van der Waals surface area contributed by atoms with Crippen LogP contribution in [0.3, 0.4) is 0 Å². The van der Waals surface area contributed by atoms with E-state index in [-0.39, 0.29) is 30.3 Å². The Kier molecular flexibility index (Phi) is 8.60. The van der Waals surface area contributed by atoms with Crippen LogP contribution in [-0.4, -0.2) is 88.7 Å². The van der Waals surface area contributed by atoms with E-state index >= 15 is 0 Å². The van der Waals surface area contributed by atoms with Gasteiger partial charge in [-0.25, -0.2) is 4.98 Å². The minimum absolute atomic E-state index is 0.147. The Labute approximate surface area is 204 Å². The van der Waals surface area contributed by atoms with Gasteiger partial charge in [0.1, 0.15) is 11.7 Å². The highest BCUT2D eigenvalue weighted by Crippen LogP contribution is 2.30. The fraction of sp³-hybridized carbons (Fsp3) is 0.500. The molecule has 3 heterocycles. The third-order valence-electron chi connectivity index (χ3n) is 6.46. The van der Waals surface area contributed by atoms with Gasteiger partial charge >= 0.3 is 0 Å². The molecule has 3 rings (SSSR count). The predicted octanol–water partition coefficient (Wildman–Crippen LogP) is 0.319. The number of likely N-dealkylation sites (N-methyl/N-ethyl adjacent to an activating group) is 1. The minimum Gasteiger partial charge on any atom is -0.391 e. The summed E-state index contributed by atoms with van der Waals surface area (Å²) in [5, 5.41) is 19.6. The lowest BCUT2D eigenvalue weighted by Gasteiger charge is -2.32. The molecule has 1 aliphatic heterocycles. The zero-order chi connectivity index (χ0) is 25.7.